The molecule has 1 fully saturated rings. The van der Waals surface area contributed by atoms with Gasteiger partial charge >= 0.3 is 18.1 Å². The Balaban J connectivity index is 2.42. The number of aliphatic carboxylic acids is 1. The van der Waals surface area contributed by atoms with Gasteiger partial charge in [0, 0.05) is 6.54 Å². The van der Waals surface area contributed by atoms with Gasteiger partial charge in [0.25, 0.3) is 5.91 Å². The molecule has 1 aliphatic heterocycles. The molecule has 0 unspecified atom stereocenters. The summed E-state index contributed by atoms with van der Waals surface area (Å²) >= 11 is 0. The highest BCUT2D eigenvalue weighted by Gasteiger charge is 2.39. The molecule has 0 saturated carbocycles. The van der Waals surface area contributed by atoms with E-state index in [2.05, 4.69) is 31.6 Å². The first kappa shape index (κ1) is 39.5. The number of carbonyl (C=O) groups is 7. The molecule has 1 saturated heterocycles. The smallest absolute Gasteiger partial charge is 0.471 e. The maximum atomic E-state index is 13.5. The van der Waals surface area contributed by atoms with E-state index in [1.54, 1.807) is 38.1 Å². The second-order valence-electron chi connectivity index (χ2n) is 10.9. The van der Waals surface area contributed by atoms with E-state index in [4.69, 9.17) is 10.5 Å². The first-order valence-corrected chi connectivity index (χ1v) is 14.7. The van der Waals surface area contributed by atoms with E-state index >= 15 is 0 Å². The lowest BCUT2D eigenvalue weighted by Crippen LogP contribution is -2.56. The molecule has 49 heavy (non-hydrogen) atoms. The van der Waals surface area contributed by atoms with Gasteiger partial charge in [-0.2, -0.15) is 13.2 Å². The monoisotopic (exact) mass is 698 g/mol. The van der Waals surface area contributed by atoms with Crippen LogP contribution in [0.25, 0.3) is 6.08 Å². The molecule has 1 aromatic carbocycles. The Hall–Kier alpha value is -5.69. The molecule has 268 valence electrons. The van der Waals surface area contributed by atoms with Crippen LogP contribution in [0.3, 0.4) is 0 Å². The Morgan fingerprint density at radius 3 is 2.27 bits per heavy atom. The Bertz CT molecular complexity index is 1480. The summed E-state index contributed by atoms with van der Waals surface area (Å²) in [6, 6.07) is 1.86. The first-order valence-electron chi connectivity index (χ1n) is 14.7. The Morgan fingerprint density at radius 1 is 1.04 bits per heavy atom. The number of nitrogens with zero attached hydrogens (tertiary/aromatic N) is 1. The van der Waals surface area contributed by atoms with Crippen LogP contribution < -0.4 is 42.4 Å². The summed E-state index contributed by atoms with van der Waals surface area (Å²) in [6.45, 7) is 2.11. The van der Waals surface area contributed by atoms with Crippen molar-refractivity contribution in [2.75, 3.05) is 20.2 Å². The van der Waals surface area contributed by atoms with Crippen LogP contribution in [-0.2, 0) is 33.6 Å². The maximum Gasteiger partial charge on any atom is 0.471 e. The molecule has 3 atom stereocenters. The molecule has 17 nitrogen and oxygen atoms in total. The van der Waals surface area contributed by atoms with E-state index in [-0.39, 0.29) is 19.4 Å². The zero-order valence-electron chi connectivity index (χ0n) is 26.6. The van der Waals surface area contributed by atoms with Crippen molar-refractivity contribution in [2.45, 2.75) is 57.4 Å². The zero-order valence-corrected chi connectivity index (χ0v) is 26.6. The fourth-order valence-electron chi connectivity index (χ4n) is 4.17. The minimum absolute atomic E-state index is 0.0697. The molecule has 0 spiro atoms. The molecule has 0 bridgehead atoms. The second-order valence-corrected chi connectivity index (χ2v) is 10.9. The van der Waals surface area contributed by atoms with Crippen molar-refractivity contribution in [1.29, 1.82) is 0 Å². The number of carbonyl (C=O) groups excluding carboxylic acids is 6. The molecule has 6 amide bonds. The molecular formula is C29H37F3N8O9. The Kier molecular flexibility index (Phi) is 14.5. The van der Waals surface area contributed by atoms with E-state index in [0.29, 0.717) is 11.3 Å². The number of guanidine groups is 1. The van der Waals surface area contributed by atoms with Crippen LogP contribution >= 0.6 is 0 Å². The van der Waals surface area contributed by atoms with Gasteiger partial charge in [0.05, 0.1) is 20.1 Å². The molecule has 1 aliphatic rings. The summed E-state index contributed by atoms with van der Waals surface area (Å²) in [5, 5.41) is 22.4. The van der Waals surface area contributed by atoms with E-state index in [9.17, 15) is 51.8 Å². The number of benzene rings is 1. The summed E-state index contributed by atoms with van der Waals surface area (Å²) in [5.74, 6) is -9.55. The molecule has 0 aromatic heterocycles. The number of carboxylic acids is 1. The first-order chi connectivity index (χ1) is 22.9. The molecule has 9 N–H and O–H groups in total. The fraction of sp³-hybridized carbons (Fsp3) is 0.448. The number of carboxylic acid groups (broad SMARTS) is 1. The fourth-order valence-corrected chi connectivity index (χ4v) is 4.17. The quantitative estimate of drug-likeness (QED) is 0.0650. The average molecular weight is 699 g/mol. The van der Waals surface area contributed by atoms with E-state index in [1.807, 2.05) is 0 Å². The third-order valence-electron chi connectivity index (χ3n) is 6.68. The number of alkyl halides is 3. The number of ether oxygens (including phenoxy) is 1. The number of nitrogens with one attached hydrogen (secondary N) is 6. The van der Waals surface area contributed by atoms with Crippen LogP contribution in [0.15, 0.2) is 35.0 Å². The zero-order chi connectivity index (χ0) is 36.9. The summed E-state index contributed by atoms with van der Waals surface area (Å²) in [7, 11) is 1.44. The van der Waals surface area contributed by atoms with Gasteiger partial charge in [0.15, 0.2) is 5.96 Å². The van der Waals surface area contributed by atoms with Gasteiger partial charge in [0.1, 0.15) is 29.6 Å². The number of nitrogens with two attached hydrogens (primary N) is 1. The summed E-state index contributed by atoms with van der Waals surface area (Å²) in [6.07, 6.45) is -5.12. The van der Waals surface area contributed by atoms with Crippen molar-refractivity contribution >= 4 is 53.4 Å². The SMILES string of the molecule is COc1ccc(/C=C2\NC(=O)[C@H](CC(=O)O)NC(=O)CNC(=O)[C@H](CCCN=C(N)NC(=O)C(F)(F)F)NC(=O)[C@H](C(C)C)NC2=O)cc1. The number of amides is 6. The maximum absolute atomic E-state index is 13.5. The van der Waals surface area contributed by atoms with Crippen molar-refractivity contribution in [3.05, 3.63) is 35.5 Å². The lowest BCUT2D eigenvalue weighted by Gasteiger charge is -2.25. The van der Waals surface area contributed by atoms with Crippen molar-refractivity contribution < 1.29 is 56.6 Å². The number of hydrogen-bond acceptors (Lipinski definition) is 9. The van der Waals surface area contributed by atoms with Gasteiger partial charge in [-0.25, -0.2) is 0 Å². The second kappa shape index (κ2) is 18.0. The van der Waals surface area contributed by atoms with Crippen LogP contribution in [0.5, 0.6) is 5.75 Å². The molecule has 2 rings (SSSR count). The third kappa shape index (κ3) is 13.1. The number of rotatable bonds is 9. The minimum Gasteiger partial charge on any atom is -0.497 e. The van der Waals surface area contributed by atoms with Crippen molar-refractivity contribution in [3.8, 4) is 5.75 Å². The number of methoxy groups -OCH3 is 1. The van der Waals surface area contributed by atoms with Crippen LogP contribution in [0.2, 0.25) is 0 Å². The number of hydrogen-bond donors (Lipinski definition) is 8. The average Bonchev–Trinajstić information content (AvgIpc) is 3.02. The lowest BCUT2D eigenvalue weighted by atomic mass is 10.0. The summed E-state index contributed by atoms with van der Waals surface area (Å²) in [4.78, 5) is 92.0. The van der Waals surface area contributed by atoms with Gasteiger partial charge in [-0.15, -0.1) is 0 Å². The molecule has 20 heteroatoms. The lowest BCUT2D eigenvalue weighted by molar-refractivity contribution is -0.171. The van der Waals surface area contributed by atoms with Crippen LogP contribution in [0.1, 0.15) is 38.7 Å². The van der Waals surface area contributed by atoms with E-state index in [1.165, 1.54) is 18.5 Å². The van der Waals surface area contributed by atoms with E-state index in [0.717, 1.165) is 0 Å². The topological polar surface area (TPSA) is 260 Å². The minimum atomic E-state index is -5.20. The summed E-state index contributed by atoms with van der Waals surface area (Å²) < 4.78 is 42.4. The largest absolute Gasteiger partial charge is 0.497 e. The normalized spacial score (nSPS) is 21.0. The highest BCUT2D eigenvalue weighted by Crippen LogP contribution is 2.15. The van der Waals surface area contributed by atoms with Crippen LogP contribution in [-0.4, -0.2) is 97.0 Å². The predicted octanol–water partition coefficient (Wildman–Crippen LogP) is -1.36. The molecule has 1 aromatic rings. The summed E-state index contributed by atoms with van der Waals surface area (Å²) in [5.41, 5.74) is 5.29. The van der Waals surface area contributed by atoms with Gasteiger partial charge in [-0.1, -0.05) is 26.0 Å². The predicted molar refractivity (Wildman–Crippen MR) is 165 cm³/mol. The standard InChI is InChI=1S/C29H37F3N8O9/c1-14(2)22-26(47)37-17(5-4-10-34-28(33)40-27(48)29(30,31)32)23(44)35-13-20(41)36-19(12-21(42)43)24(45)38-18(25(46)39-22)11-15-6-8-16(49-3)9-7-15/h6-9,11,14,17,19,22H,4-5,10,12-13H2,1-3H3,(H,35,44)(H,36,41)(H,37,47)(H,38,45)(H,39,46)(H,42,43)(H3,33,34,40,48)/b18-11-/t17-,19-,22-/m0/s1. The molecule has 0 aliphatic carbocycles. The van der Waals surface area contributed by atoms with Crippen molar-refractivity contribution in [1.82, 2.24) is 31.9 Å². The molecule has 1 heterocycles. The number of aliphatic imine (C=N–C) groups is 1. The van der Waals surface area contributed by atoms with Gasteiger partial charge in [-0.3, -0.25) is 43.9 Å². The van der Waals surface area contributed by atoms with Gasteiger partial charge in [-0.05, 0) is 42.5 Å². The highest BCUT2D eigenvalue weighted by molar-refractivity contribution is 6.05. The van der Waals surface area contributed by atoms with Gasteiger partial charge < -0.3 is 42.2 Å². The van der Waals surface area contributed by atoms with Crippen LogP contribution in [0, 0.1) is 5.92 Å². The molecular weight excluding hydrogens is 661 g/mol. The van der Waals surface area contributed by atoms with Crippen molar-refractivity contribution in [3.63, 3.8) is 0 Å². The van der Waals surface area contributed by atoms with Crippen LogP contribution in [0.4, 0.5) is 13.2 Å². The molecule has 0 radical (unpaired) electrons. The Morgan fingerprint density at radius 2 is 1.69 bits per heavy atom. The number of halogens is 3. The Labute approximate surface area is 277 Å². The van der Waals surface area contributed by atoms with Crippen molar-refractivity contribution in [2.24, 2.45) is 16.6 Å². The third-order valence-corrected chi connectivity index (χ3v) is 6.68. The highest BCUT2D eigenvalue weighted by atomic mass is 19.4. The van der Waals surface area contributed by atoms with Gasteiger partial charge in [0.2, 0.25) is 23.6 Å². The van der Waals surface area contributed by atoms with E-state index < -0.39 is 96.3 Å².